The van der Waals surface area contributed by atoms with Crippen LogP contribution in [0.15, 0.2) is 126 Å². The molecule has 0 saturated carbocycles. The lowest BCUT2D eigenvalue weighted by Crippen LogP contribution is -2.04. The number of benzene rings is 6. The summed E-state index contributed by atoms with van der Waals surface area (Å²) in [5.41, 5.74) is 11.1. The van der Waals surface area contributed by atoms with E-state index < -0.39 is 0 Å². The smallest absolute Gasteiger partial charge is 0.0748 e. The maximum Gasteiger partial charge on any atom is 0.0748 e. The van der Waals surface area contributed by atoms with Crippen LogP contribution in [0.3, 0.4) is 0 Å². The van der Waals surface area contributed by atoms with E-state index in [-0.39, 0.29) is 6.04 Å². The highest BCUT2D eigenvalue weighted by molar-refractivity contribution is 6.25. The summed E-state index contributed by atoms with van der Waals surface area (Å²) in [4.78, 5) is 4.92. The van der Waals surface area contributed by atoms with E-state index in [1.54, 1.807) is 0 Å². The van der Waals surface area contributed by atoms with Gasteiger partial charge in [-0.2, -0.15) is 0 Å². The first-order chi connectivity index (χ1) is 24.0. The molecule has 9 aromatic rings. The Morgan fingerprint density at radius 1 is 0.592 bits per heavy atom. The van der Waals surface area contributed by atoms with Crippen molar-refractivity contribution in [3.63, 3.8) is 0 Å². The third kappa shape index (κ3) is 4.25. The predicted octanol–water partition coefficient (Wildman–Crippen LogP) is 12.7. The van der Waals surface area contributed by atoms with Crippen LogP contribution in [0.5, 0.6) is 0 Å². The Morgan fingerprint density at radius 2 is 1.29 bits per heavy atom. The second-order valence-electron chi connectivity index (χ2n) is 13.5. The third-order valence-electron chi connectivity index (χ3n) is 10.7. The molecule has 0 spiro atoms. The van der Waals surface area contributed by atoms with Gasteiger partial charge in [0.15, 0.2) is 0 Å². The van der Waals surface area contributed by atoms with Crippen LogP contribution in [0.1, 0.15) is 48.7 Å². The van der Waals surface area contributed by atoms with Crippen molar-refractivity contribution >= 4 is 76.8 Å². The molecule has 1 atom stereocenters. The van der Waals surface area contributed by atoms with Crippen molar-refractivity contribution in [2.75, 3.05) is 0 Å². The lowest BCUT2D eigenvalue weighted by Gasteiger charge is -2.21. The number of aromatic nitrogens is 2. The Morgan fingerprint density at radius 3 is 2.06 bits per heavy atom. The first-order valence-corrected chi connectivity index (χ1v) is 17.5. The summed E-state index contributed by atoms with van der Waals surface area (Å²) < 4.78 is 5.06. The van der Waals surface area contributed by atoms with E-state index >= 15 is 0 Å². The SMILES string of the molecule is CC=NC(CC)c1ccc(-n2c(C)c3c4cc5ccccc5cc4n4c5ccccc5c(cc(C)c5ccccc52)c34)c2cccc(C)c12. The lowest BCUT2D eigenvalue weighted by atomic mass is 9.93. The Balaban J connectivity index is 1.58. The maximum absolute atomic E-state index is 4.92. The average molecular weight is 634 g/mol. The summed E-state index contributed by atoms with van der Waals surface area (Å²) in [5, 5.41) is 11.4. The fraction of sp³-hybridized carbons (Fsp3) is 0.152. The van der Waals surface area contributed by atoms with Gasteiger partial charge in [-0.1, -0.05) is 91.9 Å². The van der Waals surface area contributed by atoms with E-state index in [9.17, 15) is 0 Å². The Hall–Kier alpha value is -5.67. The van der Waals surface area contributed by atoms with E-state index in [0.29, 0.717) is 0 Å². The van der Waals surface area contributed by atoms with Gasteiger partial charge in [0.2, 0.25) is 0 Å². The van der Waals surface area contributed by atoms with Crippen LogP contribution in [0.2, 0.25) is 0 Å². The molecule has 0 fully saturated rings. The van der Waals surface area contributed by atoms with Crippen LogP contribution in [-0.4, -0.2) is 15.2 Å². The molecular formula is C46H39N3. The summed E-state index contributed by atoms with van der Waals surface area (Å²) >= 11 is 0. The van der Waals surface area contributed by atoms with Gasteiger partial charge in [-0.3, -0.25) is 4.99 Å². The van der Waals surface area contributed by atoms with Gasteiger partial charge in [0.25, 0.3) is 0 Å². The molecule has 0 N–H and O–H groups in total. The minimum absolute atomic E-state index is 0.114. The summed E-state index contributed by atoms with van der Waals surface area (Å²) in [6.07, 6.45) is 2.90. The molecule has 49 heavy (non-hydrogen) atoms. The second-order valence-corrected chi connectivity index (χ2v) is 13.5. The van der Waals surface area contributed by atoms with Crippen LogP contribution in [0, 0.1) is 20.8 Å². The molecule has 238 valence electrons. The second kappa shape index (κ2) is 11.2. The third-order valence-corrected chi connectivity index (χ3v) is 10.7. The van der Waals surface area contributed by atoms with Crippen molar-refractivity contribution in [3.05, 3.63) is 144 Å². The first-order valence-electron chi connectivity index (χ1n) is 17.5. The van der Waals surface area contributed by atoms with E-state index in [1.165, 1.54) is 98.6 Å². The number of nitrogens with zero attached hydrogens (tertiary/aromatic N) is 3. The highest BCUT2D eigenvalue weighted by atomic mass is 15.0. The monoisotopic (exact) mass is 633 g/mol. The minimum atomic E-state index is 0.114. The van der Waals surface area contributed by atoms with E-state index in [1.807, 2.05) is 13.1 Å². The average Bonchev–Trinajstić information content (AvgIpc) is 3.62. The first kappa shape index (κ1) is 29.5. The van der Waals surface area contributed by atoms with Gasteiger partial charge in [-0.25, -0.2) is 0 Å². The molecule has 0 amide bonds. The topological polar surface area (TPSA) is 21.7 Å². The molecule has 1 unspecified atom stereocenters. The van der Waals surface area contributed by atoms with Gasteiger partial charge >= 0.3 is 0 Å². The molecule has 0 aliphatic rings. The highest BCUT2D eigenvalue weighted by Crippen LogP contribution is 2.43. The summed E-state index contributed by atoms with van der Waals surface area (Å²) in [5.74, 6) is 0. The standard InChI is InChI=1S/C46H39N3/c1-6-39(47-7-2)35-23-24-42(36-20-14-15-28(3)44(35)36)48-30(5)45-38-26-31-16-8-9-17-32(31)27-43(38)49-41-22-13-11-19-34(41)37(46(45)49)25-29(4)33-18-10-12-21-40(33)48/h7-27,39H,6H2,1-5H3. The number of rotatable bonds is 4. The van der Waals surface area contributed by atoms with Crippen molar-refractivity contribution in [1.29, 1.82) is 0 Å². The quantitative estimate of drug-likeness (QED) is 0.172. The normalized spacial score (nSPS) is 12.9. The number of aryl methyl sites for hydroxylation is 3. The number of aliphatic imine (C=N–C) groups is 1. The molecule has 3 heterocycles. The molecule has 9 rings (SSSR count). The van der Waals surface area contributed by atoms with Crippen LogP contribution in [0.25, 0.3) is 76.2 Å². The highest BCUT2D eigenvalue weighted by Gasteiger charge is 2.22. The molecule has 3 heteroatoms. The summed E-state index contributed by atoms with van der Waals surface area (Å²) in [6.45, 7) is 11.1. The van der Waals surface area contributed by atoms with Crippen LogP contribution < -0.4 is 0 Å². The molecular weight excluding hydrogens is 595 g/mol. The van der Waals surface area contributed by atoms with Crippen LogP contribution in [-0.2, 0) is 0 Å². The molecule has 0 aliphatic heterocycles. The lowest BCUT2D eigenvalue weighted by molar-refractivity contribution is 0.709. The van der Waals surface area contributed by atoms with E-state index in [2.05, 4.69) is 158 Å². The minimum Gasteiger partial charge on any atom is -0.313 e. The fourth-order valence-corrected chi connectivity index (χ4v) is 8.58. The van der Waals surface area contributed by atoms with E-state index in [4.69, 9.17) is 4.99 Å². The molecule has 0 bridgehead atoms. The van der Waals surface area contributed by atoms with Crippen molar-refractivity contribution in [1.82, 2.24) is 8.97 Å². The van der Waals surface area contributed by atoms with Gasteiger partial charge in [0.1, 0.15) is 0 Å². The van der Waals surface area contributed by atoms with Crippen LogP contribution in [0.4, 0.5) is 0 Å². The van der Waals surface area contributed by atoms with Gasteiger partial charge in [0.05, 0.1) is 33.8 Å². The summed E-state index contributed by atoms with van der Waals surface area (Å²) in [6, 6.07) is 45.3. The Labute approximate surface area is 286 Å². The number of hydrogen-bond donors (Lipinski definition) is 0. The molecule has 0 aliphatic carbocycles. The number of hydrogen-bond acceptors (Lipinski definition) is 1. The van der Waals surface area contributed by atoms with E-state index in [0.717, 1.165) is 6.42 Å². The summed E-state index contributed by atoms with van der Waals surface area (Å²) in [7, 11) is 0. The zero-order valence-electron chi connectivity index (χ0n) is 28.8. The maximum atomic E-state index is 4.92. The van der Waals surface area contributed by atoms with Gasteiger partial charge < -0.3 is 8.97 Å². The van der Waals surface area contributed by atoms with Crippen molar-refractivity contribution in [2.45, 2.75) is 47.1 Å². The molecule has 3 aromatic heterocycles. The zero-order chi connectivity index (χ0) is 33.4. The Bertz CT molecular complexity index is 2860. The van der Waals surface area contributed by atoms with Crippen LogP contribution >= 0.6 is 0 Å². The van der Waals surface area contributed by atoms with Gasteiger partial charge in [-0.05, 0) is 110 Å². The molecule has 3 nitrogen and oxygen atoms in total. The number of para-hydroxylation sites is 2. The molecule has 0 radical (unpaired) electrons. The van der Waals surface area contributed by atoms with Crippen molar-refractivity contribution < 1.29 is 0 Å². The number of fused-ring (bicyclic) bond motifs is 9. The largest absolute Gasteiger partial charge is 0.313 e. The van der Waals surface area contributed by atoms with Gasteiger partial charge in [0, 0.05) is 38.0 Å². The zero-order valence-corrected chi connectivity index (χ0v) is 28.8. The molecule has 0 saturated heterocycles. The molecule has 6 aromatic carbocycles. The predicted molar refractivity (Wildman–Crippen MR) is 212 cm³/mol. The van der Waals surface area contributed by atoms with Gasteiger partial charge in [-0.15, -0.1) is 0 Å². The van der Waals surface area contributed by atoms with Crippen molar-refractivity contribution in [3.8, 4) is 5.69 Å². The van der Waals surface area contributed by atoms with Crippen molar-refractivity contribution in [2.24, 2.45) is 4.99 Å². The Kier molecular flexibility index (Phi) is 6.74. The fourth-order valence-electron chi connectivity index (χ4n) is 8.58.